The van der Waals surface area contributed by atoms with Gasteiger partial charge in [-0.1, -0.05) is 28.1 Å². The van der Waals surface area contributed by atoms with Crippen LogP contribution in [-0.4, -0.2) is 0 Å². The van der Waals surface area contributed by atoms with Crippen LogP contribution >= 0.6 is 38.5 Å². The summed E-state index contributed by atoms with van der Waals surface area (Å²) in [7, 11) is 0. The van der Waals surface area contributed by atoms with Gasteiger partial charge in [-0.3, -0.25) is 0 Å². The van der Waals surface area contributed by atoms with E-state index >= 15 is 0 Å². The standard InChI is InChI=1S/C16H17BrIN/c1-10-8-14(17)9-11(2)16(10)19-12(3)13-4-6-15(18)7-5-13/h4-9,12,19H,1-3H3. The van der Waals surface area contributed by atoms with Crippen molar-refractivity contribution in [2.24, 2.45) is 0 Å². The Morgan fingerprint density at radius 3 is 2.11 bits per heavy atom. The normalized spacial score (nSPS) is 12.3. The molecule has 0 amide bonds. The quantitative estimate of drug-likeness (QED) is 0.604. The molecule has 0 spiro atoms. The van der Waals surface area contributed by atoms with Crippen molar-refractivity contribution in [1.82, 2.24) is 0 Å². The third kappa shape index (κ3) is 3.72. The lowest BCUT2D eigenvalue weighted by molar-refractivity contribution is 0.879. The number of hydrogen-bond acceptors (Lipinski definition) is 1. The number of anilines is 1. The fourth-order valence-electron chi connectivity index (χ4n) is 2.19. The van der Waals surface area contributed by atoms with Crippen LogP contribution < -0.4 is 5.32 Å². The van der Waals surface area contributed by atoms with Crippen LogP contribution in [0.4, 0.5) is 5.69 Å². The molecule has 100 valence electrons. The summed E-state index contributed by atoms with van der Waals surface area (Å²) in [4.78, 5) is 0. The minimum Gasteiger partial charge on any atom is -0.378 e. The molecular formula is C16H17BrIN. The van der Waals surface area contributed by atoms with Crippen molar-refractivity contribution in [3.63, 3.8) is 0 Å². The molecule has 1 atom stereocenters. The fourth-order valence-corrected chi connectivity index (χ4v) is 3.24. The summed E-state index contributed by atoms with van der Waals surface area (Å²) >= 11 is 5.87. The molecule has 1 N–H and O–H groups in total. The second-order valence-corrected chi connectivity index (χ2v) is 6.99. The van der Waals surface area contributed by atoms with E-state index in [1.807, 2.05) is 0 Å². The molecule has 0 saturated heterocycles. The number of rotatable bonds is 3. The van der Waals surface area contributed by atoms with Gasteiger partial charge in [0.05, 0.1) is 0 Å². The van der Waals surface area contributed by atoms with E-state index in [0.29, 0.717) is 6.04 Å². The molecule has 0 saturated carbocycles. The Morgan fingerprint density at radius 1 is 1.05 bits per heavy atom. The van der Waals surface area contributed by atoms with Crippen molar-refractivity contribution >= 4 is 44.2 Å². The van der Waals surface area contributed by atoms with Crippen molar-refractivity contribution < 1.29 is 0 Å². The van der Waals surface area contributed by atoms with Gasteiger partial charge >= 0.3 is 0 Å². The first-order chi connectivity index (χ1) is 8.97. The fraction of sp³-hybridized carbons (Fsp3) is 0.250. The summed E-state index contributed by atoms with van der Waals surface area (Å²) < 4.78 is 2.40. The Labute approximate surface area is 137 Å². The molecule has 0 aliphatic rings. The number of benzene rings is 2. The highest BCUT2D eigenvalue weighted by molar-refractivity contribution is 14.1. The highest BCUT2D eigenvalue weighted by Crippen LogP contribution is 2.28. The molecule has 0 bridgehead atoms. The third-order valence-electron chi connectivity index (χ3n) is 3.23. The van der Waals surface area contributed by atoms with Gasteiger partial charge in [0.25, 0.3) is 0 Å². The molecule has 2 aromatic carbocycles. The minimum absolute atomic E-state index is 0.301. The average molecular weight is 430 g/mol. The first kappa shape index (κ1) is 14.9. The lowest BCUT2D eigenvalue weighted by Gasteiger charge is -2.20. The van der Waals surface area contributed by atoms with Crippen LogP contribution in [0.15, 0.2) is 40.9 Å². The second-order valence-electron chi connectivity index (χ2n) is 4.83. The summed E-state index contributed by atoms with van der Waals surface area (Å²) in [6, 6.07) is 13.3. The number of hydrogen-bond donors (Lipinski definition) is 1. The number of nitrogens with one attached hydrogen (secondary N) is 1. The summed E-state index contributed by atoms with van der Waals surface area (Å²) in [6.07, 6.45) is 0. The van der Waals surface area contributed by atoms with Crippen LogP contribution in [0.1, 0.15) is 29.7 Å². The zero-order valence-electron chi connectivity index (χ0n) is 11.3. The molecule has 0 aromatic heterocycles. The van der Waals surface area contributed by atoms with E-state index in [2.05, 4.69) is 101 Å². The molecule has 0 aliphatic carbocycles. The van der Waals surface area contributed by atoms with E-state index in [9.17, 15) is 0 Å². The molecule has 2 aromatic rings. The van der Waals surface area contributed by atoms with Gasteiger partial charge in [-0.25, -0.2) is 0 Å². The van der Waals surface area contributed by atoms with Gasteiger partial charge in [0.15, 0.2) is 0 Å². The van der Waals surface area contributed by atoms with Crippen LogP contribution in [0.2, 0.25) is 0 Å². The Kier molecular flexibility index (Phi) is 4.90. The second kappa shape index (κ2) is 6.27. The molecule has 19 heavy (non-hydrogen) atoms. The maximum atomic E-state index is 3.62. The van der Waals surface area contributed by atoms with Crippen molar-refractivity contribution in [3.05, 3.63) is 61.1 Å². The van der Waals surface area contributed by atoms with Crippen LogP contribution in [0, 0.1) is 17.4 Å². The number of aryl methyl sites for hydroxylation is 2. The summed E-state index contributed by atoms with van der Waals surface area (Å²) in [5.74, 6) is 0. The molecule has 2 rings (SSSR count). The molecule has 1 nitrogen and oxygen atoms in total. The Morgan fingerprint density at radius 2 is 1.58 bits per heavy atom. The van der Waals surface area contributed by atoms with Crippen molar-refractivity contribution in [2.45, 2.75) is 26.8 Å². The highest BCUT2D eigenvalue weighted by Gasteiger charge is 2.09. The molecule has 0 fully saturated rings. The lowest BCUT2D eigenvalue weighted by atomic mass is 10.1. The first-order valence-corrected chi connectivity index (χ1v) is 8.13. The minimum atomic E-state index is 0.301. The van der Waals surface area contributed by atoms with Gasteiger partial charge < -0.3 is 5.32 Å². The molecule has 0 radical (unpaired) electrons. The van der Waals surface area contributed by atoms with Crippen LogP contribution in [0.25, 0.3) is 0 Å². The highest BCUT2D eigenvalue weighted by atomic mass is 127. The predicted molar refractivity (Wildman–Crippen MR) is 94.8 cm³/mol. The van der Waals surface area contributed by atoms with Gasteiger partial charge in [-0.2, -0.15) is 0 Å². The van der Waals surface area contributed by atoms with Gasteiger partial charge in [0.2, 0.25) is 0 Å². The van der Waals surface area contributed by atoms with Crippen molar-refractivity contribution in [1.29, 1.82) is 0 Å². The van der Waals surface area contributed by atoms with E-state index in [1.54, 1.807) is 0 Å². The molecule has 0 heterocycles. The first-order valence-electron chi connectivity index (χ1n) is 6.26. The van der Waals surface area contributed by atoms with Crippen LogP contribution in [0.5, 0.6) is 0 Å². The maximum Gasteiger partial charge on any atom is 0.0485 e. The van der Waals surface area contributed by atoms with Crippen molar-refractivity contribution in [3.8, 4) is 0 Å². The van der Waals surface area contributed by atoms with E-state index in [0.717, 1.165) is 4.47 Å². The molecule has 1 unspecified atom stereocenters. The lowest BCUT2D eigenvalue weighted by Crippen LogP contribution is -2.09. The Balaban J connectivity index is 2.24. The molecular weight excluding hydrogens is 413 g/mol. The summed E-state index contributed by atoms with van der Waals surface area (Å²) in [6.45, 7) is 6.48. The van der Waals surface area contributed by atoms with E-state index in [-0.39, 0.29) is 0 Å². The zero-order chi connectivity index (χ0) is 14.0. The monoisotopic (exact) mass is 429 g/mol. The third-order valence-corrected chi connectivity index (χ3v) is 4.41. The Bertz CT molecular complexity index is 555. The summed E-state index contributed by atoms with van der Waals surface area (Å²) in [5.41, 5.74) is 5.07. The van der Waals surface area contributed by atoms with Gasteiger partial charge in [0, 0.05) is 19.8 Å². The topological polar surface area (TPSA) is 12.0 Å². The number of halogens is 2. The van der Waals surface area contributed by atoms with Crippen LogP contribution in [0.3, 0.4) is 0 Å². The van der Waals surface area contributed by atoms with Crippen molar-refractivity contribution in [2.75, 3.05) is 5.32 Å². The predicted octanol–water partition coefficient (Wildman–Crippen LogP) is 5.84. The van der Waals surface area contributed by atoms with Gasteiger partial charge in [0.1, 0.15) is 0 Å². The smallest absolute Gasteiger partial charge is 0.0485 e. The summed E-state index contributed by atoms with van der Waals surface area (Å²) in [5, 5.41) is 3.62. The average Bonchev–Trinajstić information content (AvgIpc) is 2.34. The molecule has 0 aliphatic heterocycles. The largest absolute Gasteiger partial charge is 0.378 e. The van der Waals surface area contributed by atoms with Gasteiger partial charge in [-0.15, -0.1) is 0 Å². The molecule has 3 heteroatoms. The zero-order valence-corrected chi connectivity index (χ0v) is 15.0. The van der Waals surface area contributed by atoms with E-state index < -0.39 is 0 Å². The maximum absolute atomic E-state index is 3.62. The Hall–Kier alpha value is -0.550. The van der Waals surface area contributed by atoms with Crippen LogP contribution in [-0.2, 0) is 0 Å². The van der Waals surface area contributed by atoms with E-state index in [4.69, 9.17) is 0 Å². The van der Waals surface area contributed by atoms with Gasteiger partial charge in [-0.05, 0) is 84.3 Å². The SMILES string of the molecule is Cc1cc(Br)cc(C)c1NC(C)c1ccc(I)cc1. The van der Waals surface area contributed by atoms with E-state index in [1.165, 1.54) is 25.9 Å².